The summed E-state index contributed by atoms with van der Waals surface area (Å²) in [6.07, 6.45) is 0. The number of halogens is 1. The highest BCUT2D eigenvalue weighted by Crippen LogP contribution is 2.25. The van der Waals surface area contributed by atoms with Gasteiger partial charge in [0.25, 0.3) is 5.91 Å². The van der Waals surface area contributed by atoms with E-state index in [0.717, 1.165) is 15.9 Å². The van der Waals surface area contributed by atoms with Gasteiger partial charge in [0.05, 0.1) is 11.2 Å². The van der Waals surface area contributed by atoms with Crippen molar-refractivity contribution >= 4 is 38.6 Å². The topological polar surface area (TPSA) is 95.8 Å². The summed E-state index contributed by atoms with van der Waals surface area (Å²) in [4.78, 5) is 12.6. The number of phenolic OH excluding ortho intramolecular Hbond substituents is 1. The molecule has 4 rings (SSSR count). The molecule has 1 amide bonds. The zero-order chi connectivity index (χ0) is 18.3. The third-order valence-corrected chi connectivity index (χ3v) is 4.65. The zero-order valence-corrected chi connectivity index (χ0v) is 15.3. The van der Waals surface area contributed by atoms with Crippen molar-refractivity contribution in [3.05, 3.63) is 64.4 Å². The van der Waals surface area contributed by atoms with Crippen LogP contribution in [0.15, 0.2) is 53.0 Å². The molecule has 0 aliphatic rings. The van der Waals surface area contributed by atoms with E-state index < -0.39 is 0 Å². The number of hydrogen-bond acceptors (Lipinski definition) is 4. The van der Waals surface area contributed by atoms with Crippen molar-refractivity contribution < 1.29 is 9.90 Å². The average Bonchev–Trinajstić information content (AvgIpc) is 3.19. The standard InChI is InChI=1S/C18H14BrN5O2/c1-10-8-15(23-24(10)16-5-3-2-4-13(16)19)18(26)20-17-12-7-6-11(25)9-14(12)21-22-17/h2-9,25H,1H3,(H2,20,21,22,26). The number of carbonyl (C=O) groups excluding carboxylic acids is 1. The Morgan fingerprint density at radius 1 is 1.23 bits per heavy atom. The highest BCUT2D eigenvalue weighted by Gasteiger charge is 2.17. The van der Waals surface area contributed by atoms with Crippen molar-refractivity contribution in [2.24, 2.45) is 0 Å². The van der Waals surface area contributed by atoms with Gasteiger partial charge in [0, 0.05) is 21.6 Å². The molecule has 0 fully saturated rings. The van der Waals surface area contributed by atoms with Gasteiger partial charge in [0.15, 0.2) is 11.5 Å². The van der Waals surface area contributed by atoms with Crippen LogP contribution in [0.3, 0.4) is 0 Å². The van der Waals surface area contributed by atoms with Crippen molar-refractivity contribution in [2.75, 3.05) is 5.32 Å². The van der Waals surface area contributed by atoms with Gasteiger partial charge in [-0.05, 0) is 53.2 Å². The Morgan fingerprint density at radius 2 is 2.04 bits per heavy atom. The Bertz CT molecular complexity index is 1130. The third-order valence-electron chi connectivity index (χ3n) is 3.98. The molecular weight excluding hydrogens is 398 g/mol. The molecule has 26 heavy (non-hydrogen) atoms. The number of nitrogens with one attached hydrogen (secondary N) is 2. The van der Waals surface area contributed by atoms with Crippen LogP contribution < -0.4 is 5.32 Å². The molecule has 2 aromatic carbocycles. The second-order valence-corrected chi connectivity index (χ2v) is 6.64. The number of anilines is 1. The minimum atomic E-state index is -0.361. The van der Waals surface area contributed by atoms with Gasteiger partial charge in [0.1, 0.15) is 5.75 Å². The summed E-state index contributed by atoms with van der Waals surface area (Å²) in [7, 11) is 0. The van der Waals surface area contributed by atoms with Crippen LogP contribution in [0.4, 0.5) is 5.82 Å². The van der Waals surface area contributed by atoms with Gasteiger partial charge >= 0.3 is 0 Å². The Hall–Kier alpha value is -3.13. The number of fused-ring (bicyclic) bond motifs is 1. The number of rotatable bonds is 3. The van der Waals surface area contributed by atoms with E-state index in [4.69, 9.17) is 0 Å². The largest absolute Gasteiger partial charge is 0.508 e. The van der Waals surface area contributed by atoms with Crippen molar-refractivity contribution in [3.63, 3.8) is 0 Å². The van der Waals surface area contributed by atoms with E-state index >= 15 is 0 Å². The highest BCUT2D eigenvalue weighted by molar-refractivity contribution is 9.10. The molecule has 0 spiro atoms. The predicted molar refractivity (Wildman–Crippen MR) is 102 cm³/mol. The predicted octanol–water partition coefficient (Wildman–Crippen LogP) is 3.78. The first-order valence-corrected chi connectivity index (χ1v) is 8.62. The molecule has 0 atom stereocenters. The fourth-order valence-electron chi connectivity index (χ4n) is 2.73. The van der Waals surface area contributed by atoms with Gasteiger partial charge in [-0.1, -0.05) is 12.1 Å². The van der Waals surface area contributed by atoms with E-state index in [1.807, 2.05) is 31.2 Å². The number of phenols is 1. The lowest BCUT2D eigenvalue weighted by Crippen LogP contribution is -2.13. The lowest BCUT2D eigenvalue weighted by Gasteiger charge is -2.06. The van der Waals surface area contributed by atoms with Crippen molar-refractivity contribution in [1.29, 1.82) is 0 Å². The molecule has 2 heterocycles. The van der Waals surface area contributed by atoms with Gasteiger partial charge in [-0.15, -0.1) is 0 Å². The first kappa shape index (κ1) is 16.3. The number of amides is 1. The SMILES string of the molecule is Cc1cc(C(=O)Nc2n[nH]c3cc(O)ccc23)nn1-c1ccccc1Br. The summed E-state index contributed by atoms with van der Waals surface area (Å²) in [6, 6.07) is 14.2. The van der Waals surface area contributed by atoms with E-state index in [2.05, 4.69) is 36.5 Å². The van der Waals surface area contributed by atoms with E-state index in [1.54, 1.807) is 28.9 Å². The lowest BCUT2D eigenvalue weighted by atomic mass is 10.2. The Balaban J connectivity index is 1.65. The van der Waals surface area contributed by atoms with Crippen LogP contribution in [0.2, 0.25) is 0 Å². The normalized spacial score (nSPS) is 11.0. The number of H-pyrrole nitrogens is 1. The molecule has 0 unspecified atom stereocenters. The van der Waals surface area contributed by atoms with Gasteiger partial charge < -0.3 is 10.4 Å². The van der Waals surface area contributed by atoms with E-state index in [1.165, 1.54) is 0 Å². The highest BCUT2D eigenvalue weighted by atomic mass is 79.9. The quantitative estimate of drug-likeness (QED) is 0.477. The number of benzene rings is 2. The van der Waals surface area contributed by atoms with Crippen LogP contribution in [0, 0.1) is 6.92 Å². The van der Waals surface area contributed by atoms with E-state index in [-0.39, 0.29) is 17.4 Å². The Morgan fingerprint density at radius 3 is 2.85 bits per heavy atom. The van der Waals surface area contributed by atoms with Crippen LogP contribution in [0.25, 0.3) is 16.6 Å². The maximum Gasteiger partial charge on any atom is 0.277 e. The minimum Gasteiger partial charge on any atom is -0.508 e. The molecule has 0 aliphatic carbocycles. The summed E-state index contributed by atoms with van der Waals surface area (Å²) >= 11 is 3.50. The summed E-state index contributed by atoms with van der Waals surface area (Å²) in [5.41, 5.74) is 2.60. The summed E-state index contributed by atoms with van der Waals surface area (Å²) < 4.78 is 2.59. The molecule has 3 N–H and O–H groups in total. The van der Waals surface area contributed by atoms with Gasteiger partial charge in [-0.3, -0.25) is 9.89 Å². The molecule has 130 valence electrons. The molecule has 0 aliphatic heterocycles. The molecule has 0 bridgehead atoms. The van der Waals surface area contributed by atoms with E-state index in [9.17, 15) is 9.90 Å². The number of aromatic nitrogens is 4. The Labute approximate surface area is 156 Å². The molecule has 4 aromatic rings. The van der Waals surface area contributed by atoms with E-state index in [0.29, 0.717) is 16.7 Å². The van der Waals surface area contributed by atoms with Crippen LogP contribution in [0.5, 0.6) is 5.75 Å². The molecule has 7 nitrogen and oxygen atoms in total. The van der Waals surface area contributed by atoms with Crippen LogP contribution >= 0.6 is 15.9 Å². The number of carbonyl (C=O) groups is 1. The number of para-hydroxylation sites is 1. The van der Waals surface area contributed by atoms with Gasteiger partial charge in [-0.2, -0.15) is 10.2 Å². The average molecular weight is 412 g/mol. The fourth-order valence-corrected chi connectivity index (χ4v) is 3.18. The molecular formula is C18H14BrN5O2. The van der Waals surface area contributed by atoms with Gasteiger partial charge in [0.2, 0.25) is 0 Å². The molecule has 8 heteroatoms. The first-order chi connectivity index (χ1) is 12.5. The molecule has 0 radical (unpaired) electrons. The smallest absolute Gasteiger partial charge is 0.277 e. The summed E-state index contributed by atoms with van der Waals surface area (Å²) in [5, 5.41) is 24.3. The second-order valence-electron chi connectivity index (χ2n) is 5.79. The van der Waals surface area contributed by atoms with Crippen molar-refractivity contribution in [2.45, 2.75) is 6.92 Å². The first-order valence-electron chi connectivity index (χ1n) is 7.83. The number of aromatic amines is 1. The number of nitrogens with zero attached hydrogens (tertiary/aromatic N) is 3. The number of hydrogen-bond donors (Lipinski definition) is 3. The van der Waals surface area contributed by atoms with Crippen molar-refractivity contribution in [3.8, 4) is 11.4 Å². The fraction of sp³-hybridized carbons (Fsp3) is 0.0556. The monoisotopic (exact) mass is 411 g/mol. The summed E-state index contributed by atoms with van der Waals surface area (Å²) in [6.45, 7) is 1.88. The Kier molecular flexibility index (Phi) is 3.96. The second kappa shape index (κ2) is 6.30. The third kappa shape index (κ3) is 2.84. The lowest BCUT2D eigenvalue weighted by molar-refractivity contribution is 0.102. The maximum absolute atomic E-state index is 12.6. The zero-order valence-electron chi connectivity index (χ0n) is 13.7. The minimum absolute atomic E-state index is 0.127. The maximum atomic E-state index is 12.6. The van der Waals surface area contributed by atoms with Gasteiger partial charge in [-0.25, -0.2) is 4.68 Å². The molecule has 0 saturated carbocycles. The summed E-state index contributed by atoms with van der Waals surface area (Å²) in [5.74, 6) is 0.153. The molecule has 0 saturated heterocycles. The number of aromatic hydroxyl groups is 1. The van der Waals surface area contributed by atoms with Crippen molar-refractivity contribution in [1.82, 2.24) is 20.0 Å². The van der Waals surface area contributed by atoms with Crippen LogP contribution in [-0.2, 0) is 0 Å². The molecule has 2 aromatic heterocycles. The number of aryl methyl sites for hydroxylation is 1. The van der Waals surface area contributed by atoms with Crippen LogP contribution in [0.1, 0.15) is 16.2 Å². The van der Waals surface area contributed by atoms with Crippen LogP contribution in [-0.4, -0.2) is 31.0 Å².